The van der Waals surface area contributed by atoms with Gasteiger partial charge in [-0.1, -0.05) is 49.6 Å². The average molecular weight is 275 g/mol. The summed E-state index contributed by atoms with van der Waals surface area (Å²) in [4.78, 5) is 11.1. The van der Waals surface area contributed by atoms with Gasteiger partial charge in [-0.25, -0.2) is 4.79 Å². The van der Waals surface area contributed by atoms with E-state index in [0.29, 0.717) is 5.57 Å². The van der Waals surface area contributed by atoms with E-state index in [2.05, 4.69) is 13.2 Å². The van der Waals surface area contributed by atoms with Crippen LogP contribution in [0.15, 0.2) is 49.1 Å². The minimum Gasteiger partial charge on any atom is -0.455 e. The Balaban J connectivity index is 0.000000388. The van der Waals surface area contributed by atoms with Crippen LogP contribution < -0.4 is 5.73 Å². The van der Waals surface area contributed by atoms with Gasteiger partial charge < -0.3 is 10.5 Å². The van der Waals surface area contributed by atoms with Crippen LogP contribution in [0.2, 0.25) is 0 Å². The Morgan fingerprint density at radius 1 is 1.35 bits per heavy atom. The van der Waals surface area contributed by atoms with Gasteiger partial charge >= 0.3 is 5.97 Å². The van der Waals surface area contributed by atoms with Crippen LogP contribution in [0.5, 0.6) is 0 Å². The second-order valence-electron chi connectivity index (χ2n) is 5.18. The number of carbonyl (C=O) groups is 1. The van der Waals surface area contributed by atoms with Crippen LogP contribution in [0.1, 0.15) is 33.3 Å². The van der Waals surface area contributed by atoms with Crippen molar-refractivity contribution in [3.63, 3.8) is 0 Å². The number of hydrogen-bond donors (Lipinski definition) is 1. The minimum atomic E-state index is -0.629. The summed E-state index contributed by atoms with van der Waals surface area (Å²) in [6.07, 6.45) is 1.83. The van der Waals surface area contributed by atoms with E-state index < -0.39 is 11.6 Å². The Hall–Kier alpha value is -1.87. The van der Waals surface area contributed by atoms with Crippen molar-refractivity contribution in [1.82, 2.24) is 0 Å². The fourth-order valence-electron chi connectivity index (χ4n) is 1.01. The van der Waals surface area contributed by atoms with Gasteiger partial charge in [0.2, 0.25) is 0 Å². The zero-order chi connectivity index (χ0) is 15.8. The molecular formula is C17H25NO2. The third kappa shape index (κ3) is 6.90. The molecule has 110 valence electrons. The van der Waals surface area contributed by atoms with Gasteiger partial charge in [-0.3, -0.25) is 0 Å². The van der Waals surface area contributed by atoms with Gasteiger partial charge in [0.1, 0.15) is 5.60 Å². The molecule has 0 aliphatic rings. The topological polar surface area (TPSA) is 52.3 Å². The van der Waals surface area contributed by atoms with Gasteiger partial charge in [-0.05, 0) is 33.3 Å². The molecule has 0 aliphatic heterocycles. The number of nitrogens with two attached hydrogens (primary N) is 1. The molecule has 0 bridgehead atoms. The Morgan fingerprint density at radius 3 is 2.15 bits per heavy atom. The van der Waals surface area contributed by atoms with Crippen molar-refractivity contribution in [2.45, 2.75) is 39.3 Å². The minimum absolute atomic E-state index is 0.194. The van der Waals surface area contributed by atoms with Gasteiger partial charge in [0.05, 0.1) is 0 Å². The van der Waals surface area contributed by atoms with Crippen molar-refractivity contribution >= 4 is 12.0 Å². The summed E-state index contributed by atoms with van der Waals surface area (Å²) in [6, 6.07) is 9.84. The molecule has 1 atom stereocenters. The van der Waals surface area contributed by atoms with E-state index >= 15 is 0 Å². The van der Waals surface area contributed by atoms with Gasteiger partial charge in [0.25, 0.3) is 0 Å². The molecule has 0 fully saturated rings. The van der Waals surface area contributed by atoms with Crippen molar-refractivity contribution in [3.05, 3.63) is 54.6 Å². The predicted octanol–water partition coefficient (Wildman–Crippen LogP) is 3.56. The highest BCUT2D eigenvalue weighted by atomic mass is 16.6. The second kappa shape index (κ2) is 8.33. The molecular weight excluding hydrogens is 250 g/mol. The van der Waals surface area contributed by atoms with Crippen molar-refractivity contribution in [2.75, 3.05) is 0 Å². The summed E-state index contributed by atoms with van der Waals surface area (Å²) in [5.41, 5.74) is 6.55. The highest BCUT2D eigenvalue weighted by Crippen LogP contribution is 2.14. The van der Waals surface area contributed by atoms with Crippen LogP contribution in [0.3, 0.4) is 0 Å². The molecule has 3 heteroatoms. The fourth-order valence-corrected chi connectivity index (χ4v) is 1.01. The maximum Gasteiger partial charge on any atom is 0.333 e. The summed E-state index contributed by atoms with van der Waals surface area (Å²) in [5.74, 6) is -0.391. The van der Waals surface area contributed by atoms with E-state index in [0.717, 1.165) is 0 Å². The molecule has 0 spiro atoms. The third-order valence-corrected chi connectivity index (χ3v) is 2.84. The molecule has 3 nitrogen and oxygen atoms in total. The average Bonchev–Trinajstić information content (AvgIpc) is 2.39. The molecule has 1 aromatic rings. The van der Waals surface area contributed by atoms with Crippen LogP contribution in [0.4, 0.5) is 0 Å². The van der Waals surface area contributed by atoms with Crippen molar-refractivity contribution in [2.24, 2.45) is 5.73 Å². The summed E-state index contributed by atoms with van der Waals surface area (Å²) >= 11 is 0. The normalized spacial score (nSPS) is 11.7. The van der Waals surface area contributed by atoms with E-state index in [9.17, 15) is 4.79 Å². The Labute approximate surface area is 122 Å². The highest BCUT2D eigenvalue weighted by molar-refractivity contribution is 5.87. The maximum absolute atomic E-state index is 11.1. The summed E-state index contributed by atoms with van der Waals surface area (Å²) in [7, 11) is 0. The van der Waals surface area contributed by atoms with Crippen LogP contribution in [-0.4, -0.2) is 17.6 Å². The molecule has 2 N–H and O–H groups in total. The molecule has 0 heterocycles. The van der Waals surface area contributed by atoms with Crippen LogP contribution in [0, 0.1) is 0 Å². The molecule has 0 radical (unpaired) electrons. The number of benzene rings is 1. The van der Waals surface area contributed by atoms with Gasteiger partial charge in [0.15, 0.2) is 0 Å². The molecule has 0 amide bonds. The van der Waals surface area contributed by atoms with Gasteiger partial charge in [-0.2, -0.15) is 0 Å². The summed E-state index contributed by atoms with van der Waals surface area (Å²) in [6.45, 7) is 14.1. The van der Waals surface area contributed by atoms with Crippen molar-refractivity contribution in [3.8, 4) is 0 Å². The maximum atomic E-state index is 11.1. The molecule has 0 aromatic heterocycles. The van der Waals surface area contributed by atoms with Gasteiger partial charge in [0, 0.05) is 11.6 Å². The monoisotopic (exact) mass is 275 g/mol. The van der Waals surface area contributed by atoms with Gasteiger partial charge in [-0.15, -0.1) is 0 Å². The Kier molecular flexibility index (Phi) is 7.55. The standard InChI is InChI=1S/C9H17NO2.C8H8/c1-6(2)8(11)12-9(4,5)7(3)10;1-2-8-6-4-3-5-7-8/h7H,1,10H2,2-5H3;2-7H,1H2. The first-order chi connectivity index (χ1) is 9.20. The predicted molar refractivity (Wildman–Crippen MR) is 85.2 cm³/mol. The molecule has 0 saturated carbocycles. The first-order valence-corrected chi connectivity index (χ1v) is 6.52. The van der Waals surface area contributed by atoms with Crippen LogP contribution in [0.25, 0.3) is 6.08 Å². The highest BCUT2D eigenvalue weighted by Gasteiger charge is 2.27. The Morgan fingerprint density at radius 2 is 1.85 bits per heavy atom. The van der Waals surface area contributed by atoms with E-state index in [-0.39, 0.29) is 6.04 Å². The second-order valence-corrected chi connectivity index (χ2v) is 5.18. The lowest BCUT2D eigenvalue weighted by atomic mass is 10.0. The van der Waals surface area contributed by atoms with Crippen LogP contribution in [-0.2, 0) is 9.53 Å². The third-order valence-electron chi connectivity index (χ3n) is 2.84. The van der Waals surface area contributed by atoms with Crippen molar-refractivity contribution < 1.29 is 9.53 Å². The number of carbonyl (C=O) groups excluding carboxylic acids is 1. The lowest BCUT2D eigenvalue weighted by molar-refractivity contribution is -0.152. The smallest absolute Gasteiger partial charge is 0.333 e. The first kappa shape index (κ1) is 18.1. The zero-order valence-electron chi connectivity index (χ0n) is 12.8. The molecule has 0 saturated heterocycles. The molecule has 20 heavy (non-hydrogen) atoms. The van der Waals surface area contributed by atoms with Crippen molar-refractivity contribution in [1.29, 1.82) is 0 Å². The van der Waals surface area contributed by atoms with E-state index in [4.69, 9.17) is 10.5 Å². The first-order valence-electron chi connectivity index (χ1n) is 6.52. The van der Waals surface area contributed by atoms with E-state index in [1.54, 1.807) is 27.7 Å². The SMILES string of the molecule is C=C(C)C(=O)OC(C)(C)C(C)N.C=Cc1ccccc1. The number of rotatable bonds is 4. The molecule has 0 aliphatic carbocycles. The quantitative estimate of drug-likeness (QED) is 0.675. The fraction of sp³-hybridized carbons (Fsp3) is 0.353. The zero-order valence-corrected chi connectivity index (χ0v) is 12.8. The number of esters is 1. The molecule has 1 unspecified atom stereocenters. The molecule has 1 rings (SSSR count). The lowest BCUT2D eigenvalue weighted by Crippen LogP contribution is -2.44. The van der Waals surface area contributed by atoms with Crippen LogP contribution >= 0.6 is 0 Å². The Bertz CT molecular complexity index is 447. The largest absolute Gasteiger partial charge is 0.455 e. The van der Waals surface area contributed by atoms with E-state index in [1.807, 2.05) is 36.4 Å². The number of ether oxygens (including phenoxy) is 1. The summed E-state index contributed by atoms with van der Waals surface area (Å²) in [5, 5.41) is 0. The molecule has 1 aromatic carbocycles. The number of hydrogen-bond acceptors (Lipinski definition) is 3. The van der Waals surface area contributed by atoms with E-state index in [1.165, 1.54) is 5.56 Å². The summed E-state index contributed by atoms with van der Waals surface area (Å²) < 4.78 is 5.10. The lowest BCUT2D eigenvalue weighted by Gasteiger charge is -2.28.